The number of alkyl halides is 3. The Morgan fingerprint density at radius 2 is 1.75 bits per heavy atom. The Bertz CT molecular complexity index is 1150. The fourth-order valence-corrected chi connectivity index (χ4v) is 4.79. The molecule has 2 aliphatic rings. The number of carbonyl (C=O) groups excluding carboxylic acids is 1. The maximum absolute atomic E-state index is 14.9. The van der Waals surface area contributed by atoms with Crippen LogP contribution in [0.5, 0.6) is 5.88 Å². The van der Waals surface area contributed by atoms with Crippen molar-refractivity contribution in [2.75, 3.05) is 18.0 Å². The summed E-state index contributed by atoms with van der Waals surface area (Å²) in [7, 11) is 0. The summed E-state index contributed by atoms with van der Waals surface area (Å²) in [5.41, 5.74) is 2.14. The summed E-state index contributed by atoms with van der Waals surface area (Å²) in [6, 6.07) is 14.0. The molecule has 5 nitrogen and oxygen atoms in total. The number of nitrogens with zero attached hydrogens (tertiary/aromatic N) is 3. The average molecular weight is 445 g/mol. The third kappa shape index (κ3) is 3.41. The number of aromatic nitrogens is 2. The van der Waals surface area contributed by atoms with Gasteiger partial charge in [0.1, 0.15) is 11.5 Å². The van der Waals surface area contributed by atoms with Crippen molar-refractivity contribution < 1.29 is 27.1 Å². The number of esters is 1. The highest BCUT2D eigenvalue weighted by atomic mass is 19.4. The van der Waals surface area contributed by atoms with Gasteiger partial charge in [0.05, 0.1) is 12.4 Å². The van der Waals surface area contributed by atoms with Crippen molar-refractivity contribution in [3.63, 3.8) is 0 Å². The van der Waals surface area contributed by atoms with Crippen molar-refractivity contribution in [2.24, 2.45) is 5.92 Å². The Balaban J connectivity index is 1.46. The van der Waals surface area contributed by atoms with E-state index in [4.69, 9.17) is 0 Å². The molecule has 3 aromatic rings. The molecule has 2 aliphatic heterocycles. The molecule has 0 radical (unpaired) electrons. The summed E-state index contributed by atoms with van der Waals surface area (Å²) < 4.78 is 59.3. The van der Waals surface area contributed by atoms with E-state index in [9.17, 15) is 22.4 Å². The smallest absolute Gasteiger partial charge is 0.398 e. The summed E-state index contributed by atoms with van der Waals surface area (Å²) in [6.45, 7) is 1.55. The lowest BCUT2D eigenvalue weighted by Crippen LogP contribution is -2.36. The zero-order valence-electron chi connectivity index (χ0n) is 16.8. The lowest BCUT2D eigenvalue weighted by atomic mass is 9.85. The Morgan fingerprint density at radius 3 is 2.44 bits per heavy atom. The molecule has 1 aromatic heterocycles. The molecule has 1 unspecified atom stereocenters. The topological polar surface area (TPSA) is 47.4 Å². The van der Waals surface area contributed by atoms with E-state index in [1.807, 2.05) is 30.3 Å². The minimum absolute atomic E-state index is 0.0484. The van der Waals surface area contributed by atoms with E-state index < -0.39 is 29.9 Å². The van der Waals surface area contributed by atoms with Gasteiger partial charge in [0, 0.05) is 29.9 Å². The molecule has 0 bridgehead atoms. The summed E-state index contributed by atoms with van der Waals surface area (Å²) in [5.74, 6) is -3.19. The first kappa shape index (κ1) is 20.5. The number of halogens is 4. The number of fused-ring (bicyclic) bond motifs is 3. The van der Waals surface area contributed by atoms with Gasteiger partial charge in [-0.1, -0.05) is 30.3 Å². The normalized spacial score (nSPS) is 18.4. The SMILES string of the molecule is O=C(Oc1ncn2c1-c1cccc(F)c1C2C1CCN(c2ccccc2)CC1)C(F)(F)F. The number of piperidine rings is 1. The van der Waals surface area contributed by atoms with E-state index in [0.29, 0.717) is 11.1 Å². The van der Waals surface area contributed by atoms with Gasteiger partial charge in [0.2, 0.25) is 5.88 Å². The number of rotatable bonds is 3. The number of para-hydroxylation sites is 1. The maximum Gasteiger partial charge on any atom is 0.491 e. The van der Waals surface area contributed by atoms with Crippen LogP contribution in [0.15, 0.2) is 54.9 Å². The standard InChI is InChI=1S/C23H19F4N3O2/c24-17-8-4-7-16-18(17)19(14-9-11-29(12-10-14)15-5-2-1-3-6-15)30-13-28-21(20(16)30)32-22(31)23(25,26)27/h1-8,13-14,19H,9-12H2. The fourth-order valence-electron chi connectivity index (χ4n) is 4.79. The number of carbonyl (C=O) groups is 1. The van der Waals surface area contributed by atoms with E-state index in [1.165, 1.54) is 18.5 Å². The number of ether oxygens (including phenoxy) is 1. The second-order valence-electron chi connectivity index (χ2n) is 8.00. The lowest BCUT2D eigenvalue weighted by Gasteiger charge is -2.37. The van der Waals surface area contributed by atoms with Crippen LogP contribution in [0.2, 0.25) is 0 Å². The second kappa shape index (κ2) is 7.65. The molecule has 2 aromatic carbocycles. The first-order chi connectivity index (χ1) is 15.3. The predicted octanol–water partition coefficient (Wildman–Crippen LogP) is 4.98. The molecule has 0 amide bonds. The Kier molecular flexibility index (Phi) is 4.91. The average Bonchev–Trinajstić information content (AvgIpc) is 3.33. The van der Waals surface area contributed by atoms with Crippen LogP contribution < -0.4 is 9.64 Å². The minimum atomic E-state index is -5.15. The molecule has 0 aliphatic carbocycles. The molecule has 0 saturated carbocycles. The Labute approximate surface area is 181 Å². The largest absolute Gasteiger partial charge is 0.491 e. The molecule has 3 heterocycles. The van der Waals surface area contributed by atoms with Crippen LogP contribution in [-0.4, -0.2) is 34.8 Å². The lowest BCUT2D eigenvalue weighted by molar-refractivity contribution is -0.189. The van der Waals surface area contributed by atoms with Crippen molar-refractivity contribution in [3.8, 4) is 17.1 Å². The van der Waals surface area contributed by atoms with Crippen LogP contribution in [0.1, 0.15) is 24.4 Å². The van der Waals surface area contributed by atoms with Crippen molar-refractivity contribution in [1.29, 1.82) is 0 Å². The molecule has 1 fully saturated rings. The third-order valence-electron chi connectivity index (χ3n) is 6.19. The second-order valence-corrected chi connectivity index (χ2v) is 8.00. The summed E-state index contributed by atoms with van der Waals surface area (Å²) in [4.78, 5) is 17.6. The quantitative estimate of drug-likeness (QED) is 0.422. The van der Waals surface area contributed by atoms with Gasteiger partial charge in [-0.05, 0) is 37.0 Å². The monoisotopic (exact) mass is 445 g/mol. The molecule has 32 heavy (non-hydrogen) atoms. The number of hydrogen-bond acceptors (Lipinski definition) is 4. The molecule has 1 saturated heterocycles. The molecule has 166 valence electrons. The molecule has 9 heteroatoms. The van der Waals surface area contributed by atoms with Gasteiger partial charge in [-0.2, -0.15) is 13.2 Å². The van der Waals surface area contributed by atoms with E-state index in [2.05, 4.69) is 14.6 Å². The number of benzene rings is 2. The molecular formula is C23H19F4N3O2. The van der Waals surface area contributed by atoms with Gasteiger partial charge in [-0.25, -0.2) is 14.2 Å². The van der Waals surface area contributed by atoms with Crippen LogP contribution in [0.25, 0.3) is 11.3 Å². The summed E-state index contributed by atoms with van der Waals surface area (Å²) in [6.07, 6.45) is -2.28. The zero-order valence-corrected chi connectivity index (χ0v) is 16.8. The van der Waals surface area contributed by atoms with Gasteiger partial charge in [-0.15, -0.1) is 0 Å². The van der Waals surface area contributed by atoms with Crippen molar-refractivity contribution in [3.05, 3.63) is 66.2 Å². The van der Waals surface area contributed by atoms with Crippen LogP contribution in [0, 0.1) is 11.7 Å². The highest BCUT2D eigenvalue weighted by molar-refractivity contribution is 5.81. The summed E-state index contributed by atoms with van der Waals surface area (Å²) in [5, 5.41) is 0. The maximum atomic E-state index is 14.9. The van der Waals surface area contributed by atoms with Crippen molar-refractivity contribution >= 4 is 11.7 Å². The van der Waals surface area contributed by atoms with Crippen LogP contribution in [-0.2, 0) is 4.79 Å². The van der Waals surface area contributed by atoms with Crippen molar-refractivity contribution in [2.45, 2.75) is 25.1 Å². The third-order valence-corrected chi connectivity index (χ3v) is 6.19. The van der Waals surface area contributed by atoms with Crippen LogP contribution in [0.3, 0.4) is 0 Å². The Hall–Kier alpha value is -3.36. The number of imidazole rings is 1. The van der Waals surface area contributed by atoms with Crippen molar-refractivity contribution in [1.82, 2.24) is 9.55 Å². The van der Waals surface area contributed by atoms with E-state index in [1.54, 1.807) is 10.6 Å². The molecule has 0 spiro atoms. The van der Waals surface area contributed by atoms with Gasteiger partial charge >= 0.3 is 12.1 Å². The van der Waals surface area contributed by atoms with Gasteiger partial charge in [0.25, 0.3) is 0 Å². The Morgan fingerprint density at radius 1 is 1.03 bits per heavy atom. The number of anilines is 1. The first-order valence-electron chi connectivity index (χ1n) is 10.3. The van der Waals surface area contributed by atoms with Crippen LogP contribution in [0.4, 0.5) is 23.2 Å². The van der Waals surface area contributed by atoms with E-state index in [-0.39, 0.29) is 11.6 Å². The summed E-state index contributed by atoms with van der Waals surface area (Å²) >= 11 is 0. The molecule has 0 N–H and O–H groups in total. The molecule has 5 rings (SSSR count). The predicted molar refractivity (Wildman–Crippen MR) is 109 cm³/mol. The number of hydrogen-bond donors (Lipinski definition) is 0. The first-order valence-corrected chi connectivity index (χ1v) is 10.3. The highest BCUT2D eigenvalue weighted by Crippen LogP contribution is 2.50. The molecule has 1 atom stereocenters. The van der Waals surface area contributed by atoms with Gasteiger partial charge in [-0.3, -0.25) is 0 Å². The van der Waals surface area contributed by atoms with E-state index >= 15 is 0 Å². The minimum Gasteiger partial charge on any atom is -0.398 e. The van der Waals surface area contributed by atoms with Gasteiger partial charge < -0.3 is 14.2 Å². The van der Waals surface area contributed by atoms with E-state index in [0.717, 1.165) is 31.6 Å². The highest BCUT2D eigenvalue weighted by Gasteiger charge is 2.44. The molecular weight excluding hydrogens is 426 g/mol. The van der Waals surface area contributed by atoms with Crippen LogP contribution >= 0.6 is 0 Å². The zero-order chi connectivity index (χ0) is 22.5. The fraction of sp³-hybridized carbons (Fsp3) is 0.304. The van der Waals surface area contributed by atoms with Gasteiger partial charge in [0.15, 0.2) is 0 Å².